The minimum Gasteiger partial charge on any atom is -0.504 e. The van der Waals surface area contributed by atoms with Gasteiger partial charge in [0.2, 0.25) is 0 Å². The second kappa shape index (κ2) is 4.79. The van der Waals surface area contributed by atoms with Gasteiger partial charge in [0, 0.05) is 5.75 Å². The second-order valence-electron chi connectivity index (χ2n) is 2.72. The highest BCUT2D eigenvalue weighted by molar-refractivity contribution is 7.80. The zero-order valence-electron chi connectivity index (χ0n) is 7.67. The van der Waals surface area contributed by atoms with Gasteiger partial charge in [-0.25, -0.2) is 4.79 Å². The molecule has 82 valence electrons. The van der Waals surface area contributed by atoms with Crippen LogP contribution in [0.5, 0.6) is 17.2 Å². The highest BCUT2D eigenvalue weighted by atomic mass is 32.1. The molecule has 1 aromatic rings. The van der Waals surface area contributed by atoms with E-state index >= 15 is 0 Å². The molecule has 0 unspecified atom stereocenters. The molecule has 1 aromatic carbocycles. The fraction of sp³-hybridized carbons (Fsp3) is 0.222. The number of rotatable bonds is 3. The van der Waals surface area contributed by atoms with Crippen LogP contribution in [0, 0.1) is 0 Å². The molecule has 1 rings (SSSR count). The van der Waals surface area contributed by atoms with Crippen molar-refractivity contribution in [3.8, 4) is 17.2 Å². The first-order valence-electron chi connectivity index (χ1n) is 4.09. The molecule has 0 aliphatic carbocycles. The predicted octanol–water partition coefficient (Wildman–Crippen LogP) is 0.890. The summed E-state index contributed by atoms with van der Waals surface area (Å²) in [6.07, 6.45) is 0. The molecule has 0 saturated heterocycles. The Kier molecular flexibility index (Phi) is 3.68. The summed E-state index contributed by atoms with van der Waals surface area (Å²) in [5.41, 5.74) is -0.0374. The van der Waals surface area contributed by atoms with Gasteiger partial charge in [0.25, 0.3) is 0 Å². The van der Waals surface area contributed by atoms with E-state index in [0.717, 1.165) is 12.1 Å². The van der Waals surface area contributed by atoms with Gasteiger partial charge in [0.15, 0.2) is 17.2 Å². The van der Waals surface area contributed by atoms with Gasteiger partial charge in [0.1, 0.15) is 6.61 Å². The lowest BCUT2D eigenvalue weighted by Gasteiger charge is -2.05. The van der Waals surface area contributed by atoms with E-state index in [2.05, 4.69) is 12.6 Å². The molecule has 6 heteroatoms. The minimum absolute atomic E-state index is 0.0374. The van der Waals surface area contributed by atoms with Crippen LogP contribution in [0.1, 0.15) is 10.4 Å². The highest BCUT2D eigenvalue weighted by Crippen LogP contribution is 2.35. The van der Waals surface area contributed by atoms with Crippen LogP contribution < -0.4 is 0 Å². The Morgan fingerprint density at radius 1 is 1.27 bits per heavy atom. The molecule has 0 spiro atoms. The third-order valence-electron chi connectivity index (χ3n) is 1.63. The summed E-state index contributed by atoms with van der Waals surface area (Å²) < 4.78 is 4.71. The number of carbonyl (C=O) groups is 1. The van der Waals surface area contributed by atoms with Crippen LogP contribution in [-0.2, 0) is 4.74 Å². The van der Waals surface area contributed by atoms with Gasteiger partial charge in [-0.1, -0.05) is 0 Å². The first kappa shape index (κ1) is 11.5. The number of thiol groups is 1. The maximum absolute atomic E-state index is 11.3. The van der Waals surface area contributed by atoms with Crippen LogP contribution in [0.25, 0.3) is 0 Å². The zero-order valence-corrected chi connectivity index (χ0v) is 8.57. The summed E-state index contributed by atoms with van der Waals surface area (Å²) in [6, 6.07) is 2.02. The van der Waals surface area contributed by atoms with E-state index in [4.69, 9.17) is 20.1 Å². The van der Waals surface area contributed by atoms with Crippen LogP contribution in [0.3, 0.4) is 0 Å². The third-order valence-corrected chi connectivity index (χ3v) is 1.81. The van der Waals surface area contributed by atoms with Gasteiger partial charge in [0.05, 0.1) is 5.56 Å². The van der Waals surface area contributed by atoms with Crippen LogP contribution in [0.2, 0.25) is 0 Å². The summed E-state index contributed by atoms with van der Waals surface area (Å²) in [5, 5.41) is 27.3. The van der Waals surface area contributed by atoms with Crippen molar-refractivity contribution in [3.05, 3.63) is 17.7 Å². The quantitative estimate of drug-likeness (QED) is 0.352. The number of benzene rings is 1. The average Bonchev–Trinajstić information content (AvgIpc) is 2.21. The summed E-state index contributed by atoms with van der Waals surface area (Å²) in [5.74, 6) is -2.14. The summed E-state index contributed by atoms with van der Waals surface area (Å²) in [4.78, 5) is 11.3. The molecule has 0 heterocycles. The van der Waals surface area contributed by atoms with Crippen LogP contribution in [0.4, 0.5) is 0 Å². The molecule has 3 N–H and O–H groups in total. The smallest absolute Gasteiger partial charge is 0.338 e. The minimum atomic E-state index is -0.699. The van der Waals surface area contributed by atoms with Crippen molar-refractivity contribution < 1.29 is 24.9 Å². The van der Waals surface area contributed by atoms with E-state index in [1.807, 2.05) is 0 Å². The van der Waals surface area contributed by atoms with E-state index < -0.39 is 23.2 Å². The summed E-state index contributed by atoms with van der Waals surface area (Å²) >= 11 is 3.85. The molecule has 0 aliphatic rings. The number of carbonyl (C=O) groups excluding carboxylic acids is 1. The fourth-order valence-electron chi connectivity index (χ4n) is 0.944. The van der Waals surface area contributed by atoms with E-state index in [1.165, 1.54) is 0 Å². The number of aromatic hydroxyl groups is 3. The Hall–Kier alpha value is -1.56. The Balaban J connectivity index is 2.91. The Bertz CT molecular complexity index is 354. The molecule has 0 amide bonds. The number of hydrogen-bond donors (Lipinski definition) is 4. The van der Waals surface area contributed by atoms with Gasteiger partial charge in [-0.3, -0.25) is 0 Å². The van der Waals surface area contributed by atoms with Gasteiger partial charge >= 0.3 is 5.97 Å². The van der Waals surface area contributed by atoms with E-state index in [1.54, 1.807) is 0 Å². The monoisotopic (exact) mass is 230 g/mol. The van der Waals surface area contributed by atoms with E-state index in [0.29, 0.717) is 5.75 Å². The SMILES string of the molecule is O=C(OCCS)c1cc(O)c(O)c(O)c1. The van der Waals surface area contributed by atoms with Gasteiger partial charge in [-0.2, -0.15) is 12.6 Å². The molecule has 0 aliphatic heterocycles. The summed E-state index contributed by atoms with van der Waals surface area (Å²) in [6.45, 7) is 0.129. The molecular formula is C9H10O5S. The lowest BCUT2D eigenvalue weighted by molar-refractivity contribution is 0.0529. The predicted molar refractivity (Wildman–Crippen MR) is 55.6 cm³/mol. The van der Waals surface area contributed by atoms with Crippen molar-refractivity contribution in [3.63, 3.8) is 0 Å². The number of phenols is 3. The largest absolute Gasteiger partial charge is 0.504 e. The van der Waals surface area contributed by atoms with Gasteiger partial charge in [-0.15, -0.1) is 0 Å². The van der Waals surface area contributed by atoms with E-state index in [-0.39, 0.29) is 12.2 Å². The van der Waals surface area contributed by atoms with Gasteiger partial charge < -0.3 is 20.1 Å². The van der Waals surface area contributed by atoms with Crippen molar-refractivity contribution >= 4 is 18.6 Å². The molecule has 0 aromatic heterocycles. The van der Waals surface area contributed by atoms with Crippen molar-refractivity contribution in [2.75, 3.05) is 12.4 Å². The number of phenolic OH excluding ortho intramolecular Hbond substituents is 3. The Morgan fingerprint density at radius 2 is 1.80 bits per heavy atom. The normalized spacial score (nSPS) is 9.93. The molecule has 0 bridgehead atoms. The van der Waals surface area contributed by atoms with E-state index in [9.17, 15) is 4.79 Å². The van der Waals surface area contributed by atoms with Crippen LogP contribution >= 0.6 is 12.6 Å². The molecule has 0 fully saturated rings. The molecule has 0 saturated carbocycles. The second-order valence-corrected chi connectivity index (χ2v) is 3.17. The third kappa shape index (κ3) is 2.69. The molecule has 15 heavy (non-hydrogen) atoms. The topological polar surface area (TPSA) is 87.0 Å². The Morgan fingerprint density at radius 3 is 2.27 bits per heavy atom. The first-order chi connectivity index (χ1) is 7.06. The molecule has 5 nitrogen and oxygen atoms in total. The number of hydrogen-bond acceptors (Lipinski definition) is 6. The number of ether oxygens (including phenoxy) is 1. The van der Waals surface area contributed by atoms with Crippen molar-refractivity contribution in [2.24, 2.45) is 0 Å². The molecular weight excluding hydrogens is 220 g/mol. The van der Waals surface area contributed by atoms with Crippen molar-refractivity contribution in [2.45, 2.75) is 0 Å². The summed E-state index contributed by atoms with van der Waals surface area (Å²) in [7, 11) is 0. The molecule has 0 atom stereocenters. The standard InChI is InChI=1S/C9H10O5S/c10-6-3-5(4-7(11)8(6)12)9(13)14-1-2-15/h3-4,10-12,15H,1-2H2. The lowest BCUT2D eigenvalue weighted by atomic mass is 10.2. The first-order valence-corrected chi connectivity index (χ1v) is 4.72. The van der Waals surface area contributed by atoms with Gasteiger partial charge in [-0.05, 0) is 12.1 Å². The lowest BCUT2D eigenvalue weighted by Crippen LogP contribution is -2.06. The zero-order chi connectivity index (χ0) is 11.4. The van der Waals surface area contributed by atoms with Crippen LogP contribution in [0.15, 0.2) is 12.1 Å². The Labute approximate surface area is 91.3 Å². The fourth-order valence-corrected chi connectivity index (χ4v) is 1.04. The average molecular weight is 230 g/mol. The number of esters is 1. The highest BCUT2D eigenvalue weighted by Gasteiger charge is 2.14. The maximum Gasteiger partial charge on any atom is 0.338 e. The van der Waals surface area contributed by atoms with Crippen molar-refractivity contribution in [1.29, 1.82) is 0 Å². The maximum atomic E-state index is 11.3. The van der Waals surface area contributed by atoms with Crippen LogP contribution in [-0.4, -0.2) is 33.6 Å². The van der Waals surface area contributed by atoms with Crippen molar-refractivity contribution in [1.82, 2.24) is 0 Å². The molecule has 0 radical (unpaired) electrons.